The number of carbonyl (C=O) groups is 1. The van der Waals surface area contributed by atoms with Crippen molar-refractivity contribution < 1.29 is 9.53 Å². The highest BCUT2D eigenvalue weighted by atomic mass is 16.5. The van der Waals surface area contributed by atoms with Gasteiger partial charge in [0.1, 0.15) is 0 Å². The van der Waals surface area contributed by atoms with Crippen LogP contribution in [0.1, 0.15) is 42.5 Å². The van der Waals surface area contributed by atoms with Crippen LogP contribution in [0.5, 0.6) is 5.75 Å². The summed E-state index contributed by atoms with van der Waals surface area (Å²) in [6.07, 6.45) is 7.01. The molecule has 0 saturated carbocycles. The summed E-state index contributed by atoms with van der Waals surface area (Å²) in [6, 6.07) is 16.6. The molecule has 2 fully saturated rings. The lowest BCUT2D eigenvalue weighted by molar-refractivity contribution is -0.118. The Morgan fingerprint density at radius 3 is 1.89 bits per heavy atom. The normalized spacial score (nSPS) is 17.1. The Morgan fingerprint density at radius 1 is 0.759 bits per heavy atom. The third-order valence-corrected chi connectivity index (χ3v) is 10.6. The van der Waals surface area contributed by atoms with E-state index in [1.807, 2.05) is 71.5 Å². The second kappa shape index (κ2) is 17.0. The maximum atomic E-state index is 12.4. The molecule has 8 rings (SSSR count). The summed E-state index contributed by atoms with van der Waals surface area (Å²) >= 11 is 0. The molecular weight excluding hydrogens is 685 g/mol. The van der Waals surface area contributed by atoms with Gasteiger partial charge in [-0.25, -0.2) is 15.0 Å². The molecule has 0 radical (unpaired) electrons. The maximum Gasteiger partial charge on any atom is 0.269 e. The van der Waals surface area contributed by atoms with Crippen molar-refractivity contribution in [2.24, 2.45) is 5.73 Å². The van der Waals surface area contributed by atoms with Crippen LogP contribution in [0.2, 0.25) is 0 Å². The highest BCUT2D eigenvalue weighted by molar-refractivity contribution is 5.94. The Balaban J connectivity index is 0.000000184. The lowest BCUT2D eigenvalue weighted by atomic mass is 10.0. The number of nitrogens with zero attached hydrogens (tertiary/aromatic N) is 7. The first-order chi connectivity index (χ1) is 26.2. The van der Waals surface area contributed by atoms with Crippen molar-refractivity contribution in [3.8, 4) is 5.75 Å². The molecule has 54 heavy (non-hydrogen) atoms. The quantitative estimate of drug-likeness (QED) is 0.204. The molecule has 3 aliphatic heterocycles. The monoisotopic (exact) mass is 734 g/mol. The smallest absolute Gasteiger partial charge is 0.269 e. The number of aryl methyl sites for hydroxylation is 2. The first kappa shape index (κ1) is 37.3. The SMILES string of the molecule is Cc1ccc2ncc(=O)n(CCN3CCC(N)CC3)c2c1.Cc1ccc2ncc(=O)n(CCN3CCC(NCc4ccc5c(n4)NC(=O)CO5)CC3)c2c1. The van der Waals surface area contributed by atoms with Crippen LogP contribution in [0.4, 0.5) is 5.82 Å². The zero-order chi connectivity index (χ0) is 37.6. The minimum Gasteiger partial charge on any atom is -0.480 e. The van der Waals surface area contributed by atoms with Gasteiger partial charge in [-0.3, -0.25) is 14.4 Å². The van der Waals surface area contributed by atoms with Crippen LogP contribution in [-0.2, 0) is 24.4 Å². The van der Waals surface area contributed by atoms with E-state index in [2.05, 4.69) is 35.4 Å². The van der Waals surface area contributed by atoms with Gasteiger partial charge < -0.3 is 40.0 Å². The van der Waals surface area contributed by atoms with Crippen LogP contribution in [-0.4, -0.2) is 97.8 Å². The number of nitrogens with one attached hydrogen (secondary N) is 2. The highest BCUT2D eigenvalue weighted by Gasteiger charge is 2.21. The van der Waals surface area contributed by atoms with Gasteiger partial charge in [-0.2, -0.15) is 0 Å². The number of amides is 1. The van der Waals surface area contributed by atoms with Gasteiger partial charge in [0, 0.05) is 44.8 Å². The summed E-state index contributed by atoms with van der Waals surface area (Å²) in [5.74, 6) is 0.932. The number of ether oxygens (including phenoxy) is 1. The third-order valence-electron chi connectivity index (χ3n) is 10.6. The molecule has 3 aromatic heterocycles. The van der Waals surface area contributed by atoms with Crippen LogP contribution in [0.3, 0.4) is 0 Å². The van der Waals surface area contributed by atoms with Gasteiger partial charge in [0.2, 0.25) is 0 Å². The summed E-state index contributed by atoms with van der Waals surface area (Å²) < 4.78 is 9.04. The van der Waals surface area contributed by atoms with E-state index in [-0.39, 0.29) is 23.6 Å². The number of benzene rings is 2. The summed E-state index contributed by atoms with van der Waals surface area (Å²) in [5, 5.41) is 6.34. The number of carbonyl (C=O) groups excluding carboxylic acids is 1. The van der Waals surface area contributed by atoms with Crippen molar-refractivity contribution in [1.29, 1.82) is 0 Å². The second-order valence-electron chi connectivity index (χ2n) is 14.6. The Morgan fingerprint density at radius 2 is 1.31 bits per heavy atom. The largest absolute Gasteiger partial charge is 0.480 e. The highest BCUT2D eigenvalue weighted by Crippen LogP contribution is 2.25. The minimum absolute atomic E-state index is 0.0261. The average molecular weight is 735 g/mol. The molecule has 14 heteroatoms. The number of pyridine rings is 1. The Hall–Kier alpha value is -5.02. The molecule has 5 aromatic rings. The Bertz CT molecular complexity index is 2220. The number of hydrogen-bond acceptors (Lipinski definition) is 11. The first-order valence-electron chi connectivity index (χ1n) is 19.0. The molecule has 14 nitrogen and oxygen atoms in total. The predicted molar refractivity (Wildman–Crippen MR) is 210 cm³/mol. The average Bonchev–Trinajstić information content (AvgIpc) is 3.17. The second-order valence-corrected chi connectivity index (χ2v) is 14.6. The van der Waals surface area contributed by atoms with Crippen molar-refractivity contribution in [2.45, 2.75) is 71.2 Å². The molecule has 3 aliphatic rings. The van der Waals surface area contributed by atoms with Crippen molar-refractivity contribution in [2.75, 3.05) is 51.2 Å². The number of nitrogens with two attached hydrogens (primary N) is 1. The van der Waals surface area contributed by atoms with E-state index < -0.39 is 0 Å². The van der Waals surface area contributed by atoms with Gasteiger partial charge in [0.25, 0.3) is 17.0 Å². The molecular formula is C40H50N10O4. The van der Waals surface area contributed by atoms with E-state index in [1.165, 1.54) is 12.4 Å². The molecule has 0 spiro atoms. The molecule has 2 aromatic carbocycles. The minimum atomic E-state index is -0.176. The molecule has 0 atom stereocenters. The Labute approximate surface area is 314 Å². The maximum absolute atomic E-state index is 12.4. The van der Waals surface area contributed by atoms with Crippen LogP contribution < -0.4 is 32.2 Å². The van der Waals surface area contributed by atoms with E-state index in [9.17, 15) is 14.4 Å². The lowest BCUT2D eigenvalue weighted by Crippen LogP contribution is -2.43. The number of rotatable bonds is 9. The number of piperidine rings is 2. The Kier molecular flexibility index (Phi) is 11.7. The van der Waals surface area contributed by atoms with Crippen molar-refractivity contribution in [3.63, 3.8) is 0 Å². The molecule has 0 unspecified atom stereocenters. The van der Waals surface area contributed by atoms with Gasteiger partial charge in [-0.1, -0.05) is 12.1 Å². The van der Waals surface area contributed by atoms with Crippen molar-refractivity contribution in [1.82, 2.24) is 39.2 Å². The number of hydrogen-bond donors (Lipinski definition) is 3. The zero-order valence-electron chi connectivity index (χ0n) is 31.2. The van der Waals surface area contributed by atoms with Gasteiger partial charge in [0.05, 0.1) is 40.2 Å². The number of anilines is 1. The van der Waals surface area contributed by atoms with Crippen molar-refractivity contribution in [3.05, 3.63) is 98.5 Å². The van der Waals surface area contributed by atoms with Crippen molar-refractivity contribution >= 4 is 33.8 Å². The van der Waals surface area contributed by atoms with Crippen LogP contribution in [0.25, 0.3) is 22.1 Å². The van der Waals surface area contributed by atoms with Gasteiger partial charge in [-0.15, -0.1) is 0 Å². The van der Waals surface area contributed by atoms with Crippen LogP contribution >= 0.6 is 0 Å². The van der Waals surface area contributed by atoms with E-state index in [4.69, 9.17) is 10.5 Å². The fraction of sp³-hybridized carbons (Fsp3) is 0.450. The fourth-order valence-electron chi connectivity index (χ4n) is 7.38. The van der Waals surface area contributed by atoms with E-state index >= 15 is 0 Å². The summed E-state index contributed by atoms with van der Waals surface area (Å²) in [5.41, 5.74) is 12.6. The fourth-order valence-corrected chi connectivity index (χ4v) is 7.38. The van der Waals surface area contributed by atoms with Gasteiger partial charge in [-0.05, 0) is 113 Å². The molecule has 1 amide bonds. The molecule has 0 bridgehead atoms. The first-order valence-corrected chi connectivity index (χ1v) is 19.0. The standard InChI is InChI=1S/C24H28N6O3.C16H22N4O/c1-16-2-4-19-20(12-16)30(23(32)14-26-19)11-10-29-8-6-17(7-9-29)25-13-18-3-5-21-24(27-18)28-22(31)15-33-21;1-12-2-3-14-15(10-12)20(16(21)11-18-14)9-8-19-6-4-13(17)5-7-19/h2-5,12,14,17,25H,6-11,13,15H2,1H3,(H,27,28,31);2-3,10-11,13H,4-9,17H2,1H3. The lowest BCUT2D eigenvalue weighted by Gasteiger charge is -2.32. The molecule has 4 N–H and O–H groups in total. The van der Waals surface area contributed by atoms with Crippen LogP contribution in [0, 0.1) is 13.8 Å². The molecule has 0 aliphatic carbocycles. The third kappa shape index (κ3) is 9.19. The zero-order valence-corrected chi connectivity index (χ0v) is 31.2. The van der Waals surface area contributed by atoms with Gasteiger partial charge >= 0.3 is 0 Å². The number of aromatic nitrogens is 5. The van der Waals surface area contributed by atoms with Gasteiger partial charge in [0.15, 0.2) is 18.2 Å². The summed E-state index contributed by atoms with van der Waals surface area (Å²) in [6.45, 7) is 11.9. The van der Waals surface area contributed by atoms with E-state index in [0.29, 0.717) is 43.3 Å². The molecule has 6 heterocycles. The number of fused-ring (bicyclic) bond motifs is 3. The topological polar surface area (TPSA) is 166 Å². The summed E-state index contributed by atoms with van der Waals surface area (Å²) in [7, 11) is 0. The molecule has 284 valence electrons. The summed E-state index contributed by atoms with van der Waals surface area (Å²) in [4.78, 5) is 53.9. The number of likely N-dealkylation sites (tertiary alicyclic amines) is 2. The molecule has 2 saturated heterocycles. The van der Waals surface area contributed by atoms with E-state index in [0.717, 1.165) is 104 Å². The van der Waals surface area contributed by atoms with E-state index in [1.54, 1.807) is 0 Å². The van der Waals surface area contributed by atoms with Crippen LogP contribution in [0.15, 0.2) is 70.5 Å². The predicted octanol–water partition coefficient (Wildman–Crippen LogP) is 2.81.